The number of nitrogens with zero attached hydrogens (tertiary/aromatic N) is 1. The molecule has 0 heterocycles. The summed E-state index contributed by atoms with van der Waals surface area (Å²) in [6, 6.07) is -1.38. The summed E-state index contributed by atoms with van der Waals surface area (Å²) in [5.74, 6) is -3.54. The van der Waals surface area contributed by atoms with E-state index in [0.29, 0.717) is 0 Å². The number of aliphatic hydroxyl groups is 5. The van der Waals surface area contributed by atoms with Crippen LogP contribution in [0.3, 0.4) is 0 Å². The minimum atomic E-state index is -5.38. The largest absolute Gasteiger partial charge is 0.589 e. The Morgan fingerprint density at radius 3 is 2.07 bits per heavy atom. The van der Waals surface area contributed by atoms with Crippen LogP contribution >= 0.6 is 7.82 Å². The van der Waals surface area contributed by atoms with E-state index in [0.717, 1.165) is 0 Å². The molecule has 0 aliphatic heterocycles. The number of rotatable bonds is 12. The minimum Gasteiger partial charge on any atom is -0.394 e. The van der Waals surface area contributed by atoms with Crippen molar-refractivity contribution in [2.24, 2.45) is 22.2 Å². The van der Waals surface area contributed by atoms with Crippen molar-refractivity contribution >= 4 is 25.7 Å². The Morgan fingerprint density at radius 2 is 1.57 bits per heavy atom. The molecular formula is C12H25N4O11P. The maximum atomic E-state index is 11.7. The smallest absolute Gasteiger partial charge is 0.394 e. The van der Waals surface area contributed by atoms with Gasteiger partial charge in [-0.25, -0.2) is 14.2 Å². The molecule has 0 aliphatic rings. The van der Waals surface area contributed by atoms with Crippen LogP contribution in [0, 0.1) is 0 Å². The van der Waals surface area contributed by atoms with Gasteiger partial charge in [-0.05, 0) is 12.8 Å². The van der Waals surface area contributed by atoms with Crippen molar-refractivity contribution in [3.05, 3.63) is 0 Å². The molecule has 0 spiro atoms. The van der Waals surface area contributed by atoms with E-state index < -0.39 is 56.8 Å². The molecule has 0 saturated heterocycles. The predicted molar refractivity (Wildman–Crippen MR) is 91.0 cm³/mol. The maximum Gasteiger partial charge on any atom is 0.589 e. The average Bonchev–Trinajstić information content (AvgIpc) is 2.61. The van der Waals surface area contributed by atoms with Crippen molar-refractivity contribution in [2.45, 2.75) is 43.3 Å². The maximum absolute atomic E-state index is 11.7. The highest BCUT2D eigenvalue weighted by atomic mass is 31.2. The second kappa shape index (κ2) is 11.9. The molecule has 164 valence electrons. The molecule has 0 aromatic carbocycles. The highest BCUT2D eigenvalue weighted by molar-refractivity contribution is 7.48. The van der Waals surface area contributed by atoms with Gasteiger partial charge in [0.25, 0.3) is 0 Å². The number of carbonyl (C=O) groups is 2. The van der Waals surface area contributed by atoms with Gasteiger partial charge in [0.15, 0.2) is 12.1 Å². The van der Waals surface area contributed by atoms with Crippen molar-refractivity contribution in [1.29, 1.82) is 0 Å². The molecule has 16 heteroatoms. The lowest BCUT2D eigenvalue weighted by molar-refractivity contribution is -0.163. The summed E-state index contributed by atoms with van der Waals surface area (Å²) >= 11 is 0. The number of aliphatic imine (C=N–C) groups is 1. The van der Waals surface area contributed by atoms with Crippen LogP contribution in [-0.4, -0.2) is 91.9 Å². The van der Waals surface area contributed by atoms with Crippen molar-refractivity contribution in [3.8, 4) is 0 Å². The molecular weight excluding hydrogens is 407 g/mol. The van der Waals surface area contributed by atoms with Crippen molar-refractivity contribution < 1.29 is 53.6 Å². The van der Waals surface area contributed by atoms with Gasteiger partial charge in [0.2, 0.25) is 0 Å². The van der Waals surface area contributed by atoms with Gasteiger partial charge in [0, 0.05) is 6.54 Å². The fraction of sp³-hybridized carbons (Fsp3) is 0.750. The third-order valence-electron chi connectivity index (χ3n) is 3.18. The molecule has 15 nitrogen and oxygen atoms in total. The van der Waals surface area contributed by atoms with Gasteiger partial charge in [-0.1, -0.05) is 0 Å². The van der Waals surface area contributed by atoms with E-state index in [1.807, 2.05) is 0 Å². The molecule has 0 rings (SSSR count). The molecule has 28 heavy (non-hydrogen) atoms. The third-order valence-corrected chi connectivity index (χ3v) is 4.00. The normalized spacial score (nSPS) is 18.7. The summed E-state index contributed by atoms with van der Waals surface area (Å²) in [5.41, 5.74) is 15.6. The Bertz CT molecular complexity index is 600. The molecule has 12 N–H and O–H groups in total. The van der Waals surface area contributed by atoms with Gasteiger partial charge in [0.1, 0.15) is 24.4 Å². The number of guanidine groups is 1. The summed E-state index contributed by atoms with van der Waals surface area (Å²) < 4.78 is 19.7. The number of nitrogens with two attached hydrogens (primary N) is 3. The molecule has 0 aromatic rings. The van der Waals surface area contributed by atoms with Crippen LogP contribution in [0.15, 0.2) is 4.99 Å². The quantitative estimate of drug-likeness (QED) is 0.0604. The third kappa shape index (κ3) is 9.38. The summed E-state index contributed by atoms with van der Waals surface area (Å²) in [7, 11) is -5.38. The van der Waals surface area contributed by atoms with Crippen LogP contribution in [0.2, 0.25) is 0 Å². The van der Waals surface area contributed by atoms with E-state index in [4.69, 9.17) is 27.4 Å². The first-order valence-corrected chi connectivity index (χ1v) is 9.25. The van der Waals surface area contributed by atoms with Gasteiger partial charge in [-0.3, -0.25) is 9.89 Å². The van der Waals surface area contributed by atoms with E-state index in [2.05, 4.69) is 14.0 Å². The van der Waals surface area contributed by atoms with E-state index in [-0.39, 0.29) is 25.3 Å². The predicted octanol–water partition coefficient (Wildman–Crippen LogP) is -5.01. The highest BCUT2D eigenvalue weighted by Crippen LogP contribution is 2.44. The first-order valence-electron chi connectivity index (χ1n) is 7.76. The molecule has 0 amide bonds. The highest BCUT2D eigenvalue weighted by Gasteiger charge is 2.40. The molecule has 1 unspecified atom stereocenters. The molecule has 0 bridgehead atoms. The van der Waals surface area contributed by atoms with Gasteiger partial charge >= 0.3 is 19.8 Å². The van der Waals surface area contributed by atoms with Crippen LogP contribution < -0.4 is 17.2 Å². The number of hydrogen-bond donors (Lipinski definition) is 9. The van der Waals surface area contributed by atoms with E-state index in [1.165, 1.54) is 0 Å². The summed E-state index contributed by atoms with van der Waals surface area (Å²) in [6.07, 6.45) is -8.93. The molecule has 0 saturated carbocycles. The Balaban J connectivity index is 4.68. The van der Waals surface area contributed by atoms with Crippen LogP contribution in [0.4, 0.5) is 0 Å². The molecule has 0 aliphatic carbocycles. The minimum absolute atomic E-state index is 0.0455. The van der Waals surface area contributed by atoms with E-state index in [9.17, 15) is 34.4 Å². The summed E-state index contributed by atoms with van der Waals surface area (Å²) in [4.78, 5) is 36.2. The lowest BCUT2D eigenvalue weighted by Gasteiger charge is -2.24. The SMILES string of the molecule is NC(N)=NCCC[C@H](N)C(=O)OP(=O)(O)OC(=O)[C@H](O)[C@@H](O)[C@H](O)[C@H](O)CO. The second-order valence-electron chi connectivity index (χ2n) is 5.52. The molecule has 6 atom stereocenters. The van der Waals surface area contributed by atoms with E-state index >= 15 is 0 Å². The first-order chi connectivity index (χ1) is 12.8. The Kier molecular flexibility index (Phi) is 11.1. The number of aliphatic hydroxyl groups excluding tert-OH is 5. The number of carbonyl (C=O) groups excluding carboxylic acids is 2. The van der Waals surface area contributed by atoms with Gasteiger partial charge in [-0.2, -0.15) is 0 Å². The zero-order valence-corrected chi connectivity index (χ0v) is 15.5. The van der Waals surface area contributed by atoms with Crippen LogP contribution in [0.5, 0.6) is 0 Å². The van der Waals surface area contributed by atoms with Crippen LogP contribution in [0.25, 0.3) is 0 Å². The van der Waals surface area contributed by atoms with E-state index in [1.54, 1.807) is 0 Å². The van der Waals surface area contributed by atoms with Gasteiger partial charge < -0.3 is 51.8 Å². The van der Waals surface area contributed by atoms with Crippen molar-refractivity contribution in [2.75, 3.05) is 13.2 Å². The fourth-order valence-electron chi connectivity index (χ4n) is 1.67. The number of phosphoric ester groups is 1. The fourth-order valence-corrected chi connectivity index (χ4v) is 2.40. The average molecular weight is 432 g/mol. The molecule has 0 radical (unpaired) electrons. The van der Waals surface area contributed by atoms with Crippen molar-refractivity contribution in [1.82, 2.24) is 0 Å². The Labute approximate surface area is 159 Å². The zero-order valence-electron chi connectivity index (χ0n) is 14.6. The second-order valence-corrected chi connectivity index (χ2v) is 6.82. The lowest BCUT2D eigenvalue weighted by atomic mass is 10.0. The van der Waals surface area contributed by atoms with Crippen molar-refractivity contribution in [3.63, 3.8) is 0 Å². The molecule has 0 fully saturated rings. The lowest BCUT2D eigenvalue weighted by Crippen LogP contribution is -2.49. The number of phosphoric acid groups is 1. The first kappa shape index (κ1) is 26.2. The topological polar surface area (TPSA) is 281 Å². The summed E-state index contributed by atoms with van der Waals surface area (Å²) in [5, 5.41) is 46.1. The van der Waals surface area contributed by atoms with Gasteiger partial charge in [-0.15, -0.1) is 0 Å². The molecule has 0 aromatic heterocycles. The zero-order chi connectivity index (χ0) is 22.1. The Hall–Kier alpha value is -1.84. The standard InChI is InChI=1S/C12H25N4O11P/c13-5(2-1-3-16-12(14)15)10(22)26-28(24,25)27-11(23)9(21)8(20)7(19)6(18)4-17/h5-9,17-21H,1-4,13H2,(H,24,25)(H4,14,15,16)/t5-,6+,7+,8-,9+/m0/s1. The monoisotopic (exact) mass is 432 g/mol. The summed E-state index contributed by atoms with van der Waals surface area (Å²) in [6.45, 7) is -0.891. The van der Waals surface area contributed by atoms with Gasteiger partial charge in [0.05, 0.1) is 6.61 Å². The Morgan fingerprint density at radius 1 is 1.04 bits per heavy atom. The van der Waals surface area contributed by atoms with Crippen LogP contribution in [-0.2, 0) is 23.2 Å². The number of hydrogen-bond acceptors (Lipinski definition) is 12. The van der Waals surface area contributed by atoms with Crippen LogP contribution in [0.1, 0.15) is 12.8 Å².